The topological polar surface area (TPSA) is 67.9 Å². The minimum Gasteiger partial charge on any atom is -0.493 e. The Hall–Kier alpha value is -3.22. The lowest BCUT2D eigenvalue weighted by atomic mass is 10.0. The van der Waals surface area contributed by atoms with Gasteiger partial charge in [0.2, 0.25) is 11.8 Å². The Morgan fingerprint density at radius 2 is 1.64 bits per heavy atom. The van der Waals surface area contributed by atoms with Gasteiger partial charge in [0.15, 0.2) is 11.5 Å². The molecule has 0 aliphatic rings. The fraction of sp³-hybridized carbons (Fsp3) is 0.286. The number of amides is 2. The number of rotatable bonds is 11. The summed E-state index contributed by atoms with van der Waals surface area (Å²) in [6.07, 6.45) is 1.03. The number of hydrogen-bond acceptors (Lipinski definition) is 4. The number of carbonyl (C=O) groups is 2. The Morgan fingerprint density at radius 3 is 2.28 bits per heavy atom. The van der Waals surface area contributed by atoms with E-state index in [9.17, 15) is 9.59 Å². The van der Waals surface area contributed by atoms with Crippen molar-refractivity contribution in [3.63, 3.8) is 0 Å². The minimum atomic E-state index is -0.720. The molecule has 1 N–H and O–H groups in total. The van der Waals surface area contributed by atoms with Crippen LogP contribution in [0.25, 0.3) is 0 Å². The number of methoxy groups -OCH3 is 2. The molecule has 0 unspecified atom stereocenters. The quantitative estimate of drug-likeness (QED) is 0.365. The van der Waals surface area contributed by atoms with Crippen molar-refractivity contribution in [1.29, 1.82) is 0 Å². The molecule has 0 aromatic heterocycles. The summed E-state index contributed by atoms with van der Waals surface area (Å²) < 4.78 is 10.7. The number of hydrogen-bond donors (Lipinski definition) is 1. The predicted molar refractivity (Wildman–Crippen MR) is 143 cm³/mol. The minimum absolute atomic E-state index is 0.166. The Labute approximate surface area is 222 Å². The number of ether oxygens (including phenoxy) is 2. The highest BCUT2D eigenvalue weighted by atomic mass is 35.5. The van der Waals surface area contributed by atoms with Gasteiger partial charge in [-0.15, -0.1) is 0 Å². The van der Waals surface area contributed by atoms with Crippen LogP contribution in [0.4, 0.5) is 0 Å². The number of likely N-dealkylation sites (N-methyl/N-ethyl adjacent to an activating group) is 1. The van der Waals surface area contributed by atoms with Crippen LogP contribution in [0.5, 0.6) is 11.5 Å². The number of carbonyl (C=O) groups excluding carboxylic acids is 2. The van der Waals surface area contributed by atoms with Crippen molar-refractivity contribution in [2.24, 2.45) is 0 Å². The second-order valence-corrected chi connectivity index (χ2v) is 9.11. The van der Waals surface area contributed by atoms with E-state index in [-0.39, 0.29) is 24.8 Å². The molecule has 190 valence electrons. The second-order valence-electron chi connectivity index (χ2n) is 8.27. The standard InChI is InChI=1S/C28H30Cl2N2O4/c1-31-28(34)24(15-19-7-5-4-6-8-19)32(18-21-11-12-22(29)17-23(21)30)27(33)14-10-20-9-13-25(35-2)26(16-20)36-3/h4-9,11-13,16-17,24H,10,14-15,18H2,1-3H3,(H,31,34)/t24-/m1/s1. The molecular formula is C28H30Cl2N2O4. The summed E-state index contributed by atoms with van der Waals surface area (Å²) in [4.78, 5) is 28.3. The number of nitrogens with one attached hydrogen (secondary N) is 1. The Kier molecular flexibility index (Phi) is 10.0. The zero-order chi connectivity index (χ0) is 26.1. The molecule has 0 aliphatic heterocycles. The van der Waals surface area contributed by atoms with Gasteiger partial charge in [0.1, 0.15) is 6.04 Å². The molecule has 1 atom stereocenters. The van der Waals surface area contributed by atoms with Crippen LogP contribution in [-0.2, 0) is 29.0 Å². The monoisotopic (exact) mass is 528 g/mol. The lowest BCUT2D eigenvalue weighted by molar-refractivity contribution is -0.141. The van der Waals surface area contributed by atoms with Crippen molar-refractivity contribution >= 4 is 35.0 Å². The number of halogens is 2. The number of nitrogens with zero attached hydrogens (tertiary/aromatic N) is 1. The van der Waals surface area contributed by atoms with Crippen molar-refractivity contribution in [1.82, 2.24) is 10.2 Å². The van der Waals surface area contributed by atoms with Crippen LogP contribution in [0, 0.1) is 0 Å². The van der Waals surface area contributed by atoms with E-state index in [1.165, 1.54) is 0 Å². The SMILES string of the molecule is CNC(=O)[C@@H](Cc1ccccc1)N(Cc1ccc(Cl)cc1Cl)C(=O)CCc1ccc(OC)c(OC)c1. The van der Waals surface area contributed by atoms with Crippen molar-refractivity contribution < 1.29 is 19.1 Å². The van der Waals surface area contributed by atoms with E-state index in [0.717, 1.165) is 11.1 Å². The Morgan fingerprint density at radius 1 is 0.917 bits per heavy atom. The third-order valence-electron chi connectivity index (χ3n) is 5.95. The van der Waals surface area contributed by atoms with Gasteiger partial charge in [-0.25, -0.2) is 0 Å². The highest BCUT2D eigenvalue weighted by Crippen LogP contribution is 2.29. The average Bonchev–Trinajstić information content (AvgIpc) is 2.90. The van der Waals surface area contributed by atoms with Crippen LogP contribution in [0.15, 0.2) is 66.7 Å². The van der Waals surface area contributed by atoms with E-state index in [1.54, 1.807) is 44.4 Å². The molecule has 0 aliphatic carbocycles. The number of aryl methyl sites for hydroxylation is 1. The smallest absolute Gasteiger partial charge is 0.242 e. The first-order valence-corrected chi connectivity index (χ1v) is 12.3. The van der Waals surface area contributed by atoms with Crippen molar-refractivity contribution in [2.45, 2.75) is 31.8 Å². The first kappa shape index (κ1) is 27.4. The van der Waals surface area contributed by atoms with Crippen molar-refractivity contribution in [2.75, 3.05) is 21.3 Å². The normalized spacial score (nSPS) is 11.5. The summed E-state index contributed by atoms with van der Waals surface area (Å²) in [5.74, 6) is 0.803. The number of benzene rings is 3. The highest BCUT2D eigenvalue weighted by Gasteiger charge is 2.30. The fourth-order valence-corrected chi connectivity index (χ4v) is 4.45. The third-order valence-corrected chi connectivity index (χ3v) is 6.54. The Balaban J connectivity index is 1.90. The molecule has 0 bridgehead atoms. The van der Waals surface area contributed by atoms with Gasteiger partial charge < -0.3 is 19.7 Å². The molecular weight excluding hydrogens is 499 g/mol. The van der Waals surface area contributed by atoms with Crippen LogP contribution in [-0.4, -0.2) is 44.0 Å². The lowest BCUT2D eigenvalue weighted by Crippen LogP contribution is -2.49. The molecule has 3 aromatic carbocycles. The van der Waals surface area contributed by atoms with Gasteiger partial charge in [-0.05, 0) is 47.4 Å². The summed E-state index contributed by atoms with van der Waals surface area (Å²) in [5, 5.41) is 3.66. The second kappa shape index (κ2) is 13.2. The molecule has 0 fully saturated rings. The first-order valence-electron chi connectivity index (χ1n) is 11.6. The van der Waals surface area contributed by atoms with E-state index in [1.807, 2.05) is 48.5 Å². The molecule has 0 saturated carbocycles. The van der Waals surface area contributed by atoms with Crippen LogP contribution < -0.4 is 14.8 Å². The fourth-order valence-electron chi connectivity index (χ4n) is 3.99. The Bertz CT molecular complexity index is 1190. The van der Waals surface area contributed by atoms with Gasteiger partial charge in [-0.1, -0.05) is 65.7 Å². The van der Waals surface area contributed by atoms with Crippen LogP contribution in [0.1, 0.15) is 23.1 Å². The predicted octanol–water partition coefficient (Wildman–Crippen LogP) is 5.33. The summed E-state index contributed by atoms with van der Waals surface area (Å²) in [6, 6.07) is 19.6. The van der Waals surface area contributed by atoms with Crippen molar-refractivity contribution in [3.8, 4) is 11.5 Å². The molecule has 3 rings (SSSR count). The van der Waals surface area contributed by atoms with E-state index in [2.05, 4.69) is 5.32 Å². The van der Waals surface area contributed by atoms with Gasteiger partial charge in [-0.2, -0.15) is 0 Å². The van der Waals surface area contributed by atoms with E-state index < -0.39 is 6.04 Å². The van der Waals surface area contributed by atoms with Crippen LogP contribution in [0.2, 0.25) is 10.0 Å². The maximum absolute atomic E-state index is 13.6. The van der Waals surface area contributed by atoms with E-state index in [0.29, 0.717) is 39.9 Å². The van der Waals surface area contributed by atoms with Crippen LogP contribution in [0.3, 0.4) is 0 Å². The van der Waals surface area contributed by atoms with Gasteiger partial charge in [0.05, 0.1) is 14.2 Å². The lowest BCUT2D eigenvalue weighted by Gasteiger charge is -2.31. The largest absolute Gasteiger partial charge is 0.493 e. The summed E-state index contributed by atoms with van der Waals surface area (Å²) in [5.41, 5.74) is 2.58. The van der Waals surface area contributed by atoms with E-state index in [4.69, 9.17) is 32.7 Å². The summed E-state index contributed by atoms with van der Waals surface area (Å²) in [7, 11) is 4.72. The van der Waals surface area contributed by atoms with E-state index >= 15 is 0 Å². The molecule has 6 nitrogen and oxygen atoms in total. The molecule has 2 amide bonds. The maximum Gasteiger partial charge on any atom is 0.242 e. The van der Waals surface area contributed by atoms with Crippen molar-refractivity contribution in [3.05, 3.63) is 93.5 Å². The molecule has 8 heteroatoms. The molecule has 0 radical (unpaired) electrons. The molecule has 0 spiro atoms. The summed E-state index contributed by atoms with van der Waals surface area (Å²) in [6.45, 7) is 0.172. The van der Waals surface area contributed by atoms with Crippen LogP contribution >= 0.6 is 23.2 Å². The summed E-state index contributed by atoms with van der Waals surface area (Å²) >= 11 is 12.5. The van der Waals surface area contributed by atoms with Gasteiger partial charge in [0, 0.05) is 36.5 Å². The average molecular weight is 529 g/mol. The van der Waals surface area contributed by atoms with Gasteiger partial charge in [0.25, 0.3) is 0 Å². The zero-order valence-corrected chi connectivity index (χ0v) is 22.1. The molecule has 0 heterocycles. The van der Waals surface area contributed by atoms with Gasteiger partial charge >= 0.3 is 0 Å². The maximum atomic E-state index is 13.6. The molecule has 36 heavy (non-hydrogen) atoms. The molecule has 0 saturated heterocycles. The molecule has 3 aromatic rings. The third kappa shape index (κ3) is 7.15. The zero-order valence-electron chi connectivity index (χ0n) is 20.6. The first-order chi connectivity index (χ1) is 17.4. The van der Waals surface area contributed by atoms with Gasteiger partial charge in [-0.3, -0.25) is 9.59 Å². The highest BCUT2D eigenvalue weighted by molar-refractivity contribution is 6.35.